The Balaban J connectivity index is 0.00000288. The molecular weight excluding hydrogens is 354 g/mol. The summed E-state index contributed by atoms with van der Waals surface area (Å²) in [5, 5.41) is 9.38. The highest BCUT2D eigenvalue weighted by atomic mass is 35.5. The minimum Gasteiger partial charge on any atom is -0.480 e. The monoisotopic (exact) mass is 378 g/mol. The van der Waals surface area contributed by atoms with E-state index >= 15 is 0 Å². The fourth-order valence-electron chi connectivity index (χ4n) is 3.19. The number of hydrogen-bond donors (Lipinski definition) is 1. The molecular formula is C17H25Cl2FN2O2. The van der Waals surface area contributed by atoms with Crippen molar-refractivity contribution in [2.24, 2.45) is 0 Å². The van der Waals surface area contributed by atoms with Gasteiger partial charge < -0.3 is 10.0 Å². The van der Waals surface area contributed by atoms with Gasteiger partial charge in [-0.15, -0.1) is 12.4 Å². The number of likely N-dealkylation sites (tertiary alicyclic amines) is 1. The largest absolute Gasteiger partial charge is 0.480 e. The van der Waals surface area contributed by atoms with Crippen LogP contribution in [0.3, 0.4) is 0 Å². The Morgan fingerprint density at radius 1 is 1.42 bits per heavy atom. The van der Waals surface area contributed by atoms with Gasteiger partial charge >= 0.3 is 5.97 Å². The van der Waals surface area contributed by atoms with Crippen molar-refractivity contribution in [3.8, 4) is 0 Å². The van der Waals surface area contributed by atoms with Crippen LogP contribution in [0.4, 0.5) is 4.39 Å². The number of carboxylic acids is 1. The Morgan fingerprint density at radius 2 is 2.17 bits per heavy atom. The van der Waals surface area contributed by atoms with Gasteiger partial charge in [0.1, 0.15) is 5.82 Å². The first-order chi connectivity index (χ1) is 11.0. The summed E-state index contributed by atoms with van der Waals surface area (Å²) in [5.74, 6) is -1.03. The molecule has 1 aliphatic heterocycles. The van der Waals surface area contributed by atoms with E-state index in [1.54, 1.807) is 12.1 Å². The highest BCUT2D eigenvalue weighted by Gasteiger charge is 2.21. The molecule has 1 heterocycles. The standard InChI is InChI=1S/C17H24ClFN2O2.ClH/c1-20(12-17(22)23)13-4-3-9-21(10-7-13)11-8-14-15(18)5-2-6-16(14)19;/h2,5-6,13H,3-4,7-12H2,1H3,(H,22,23);1H. The Morgan fingerprint density at radius 3 is 2.83 bits per heavy atom. The van der Waals surface area contributed by atoms with Crippen molar-refractivity contribution in [2.75, 3.05) is 33.2 Å². The second-order valence-electron chi connectivity index (χ2n) is 6.19. The van der Waals surface area contributed by atoms with Crippen LogP contribution in [-0.2, 0) is 11.2 Å². The predicted molar refractivity (Wildman–Crippen MR) is 96.7 cm³/mol. The average molecular weight is 379 g/mol. The Labute approximate surface area is 154 Å². The number of halogens is 3. The third kappa shape index (κ3) is 6.20. The van der Waals surface area contributed by atoms with Gasteiger partial charge in [0.25, 0.3) is 0 Å². The van der Waals surface area contributed by atoms with Crippen molar-refractivity contribution >= 4 is 30.0 Å². The summed E-state index contributed by atoms with van der Waals surface area (Å²) < 4.78 is 13.8. The van der Waals surface area contributed by atoms with Crippen molar-refractivity contribution in [1.82, 2.24) is 9.80 Å². The van der Waals surface area contributed by atoms with Crippen molar-refractivity contribution in [3.05, 3.63) is 34.6 Å². The molecule has 1 fully saturated rings. The van der Waals surface area contributed by atoms with Crippen molar-refractivity contribution < 1.29 is 14.3 Å². The van der Waals surface area contributed by atoms with Gasteiger partial charge in [0.2, 0.25) is 0 Å². The van der Waals surface area contributed by atoms with Crippen LogP contribution < -0.4 is 0 Å². The van der Waals surface area contributed by atoms with Gasteiger partial charge in [-0.05, 0) is 58.0 Å². The number of carboxylic acid groups (broad SMARTS) is 1. The summed E-state index contributed by atoms with van der Waals surface area (Å²) in [5.41, 5.74) is 0.581. The van der Waals surface area contributed by atoms with E-state index in [0.717, 1.165) is 38.9 Å². The first kappa shape index (κ1) is 21.2. The lowest BCUT2D eigenvalue weighted by Gasteiger charge is -2.25. The number of hydrogen-bond acceptors (Lipinski definition) is 3. The lowest BCUT2D eigenvalue weighted by atomic mass is 10.1. The average Bonchev–Trinajstić information content (AvgIpc) is 2.72. The maximum Gasteiger partial charge on any atom is 0.317 e. The van der Waals surface area contributed by atoms with Crippen LogP contribution in [-0.4, -0.2) is 60.1 Å². The van der Waals surface area contributed by atoms with Crippen LogP contribution in [0.5, 0.6) is 0 Å². The summed E-state index contributed by atoms with van der Waals surface area (Å²) in [7, 11) is 1.87. The third-order valence-corrected chi connectivity index (χ3v) is 4.89. The van der Waals surface area contributed by atoms with E-state index < -0.39 is 5.97 Å². The third-order valence-electron chi connectivity index (χ3n) is 4.54. The van der Waals surface area contributed by atoms with Crippen LogP contribution in [0.1, 0.15) is 24.8 Å². The molecule has 0 aliphatic carbocycles. The zero-order chi connectivity index (χ0) is 16.8. The van der Waals surface area contributed by atoms with Crippen molar-refractivity contribution in [1.29, 1.82) is 0 Å². The molecule has 0 bridgehead atoms. The van der Waals surface area contributed by atoms with Gasteiger partial charge in [-0.3, -0.25) is 9.69 Å². The van der Waals surface area contributed by atoms with E-state index in [0.29, 0.717) is 23.0 Å². The molecule has 0 aromatic heterocycles. The van der Waals surface area contributed by atoms with Gasteiger partial charge in [0.15, 0.2) is 0 Å². The lowest BCUT2D eigenvalue weighted by molar-refractivity contribution is -0.138. The fraction of sp³-hybridized carbons (Fsp3) is 0.588. The Hall–Kier alpha value is -0.880. The molecule has 4 nitrogen and oxygen atoms in total. The molecule has 2 rings (SSSR count). The first-order valence-corrected chi connectivity index (χ1v) is 8.42. The Kier molecular flexibility index (Phi) is 8.98. The molecule has 24 heavy (non-hydrogen) atoms. The molecule has 0 amide bonds. The van der Waals surface area contributed by atoms with Crippen LogP contribution in [0.2, 0.25) is 5.02 Å². The fourth-order valence-corrected chi connectivity index (χ4v) is 3.44. The number of aliphatic carboxylic acids is 1. The molecule has 1 saturated heterocycles. The van der Waals surface area contributed by atoms with Gasteiger partial charge in [-0.2, -0.15) is 0 Å². The molecule has 0 spiro atoms. The summed E-state index contributed by atoms with van der Waals surface area (Å²) in [6.07, 6.45) is 3.57. The van der Waals surface area contributed by atoms with E-state index in [-0.39, 0.29) is 24.8 Å². The molecule has 0 radical (unpaired) electrons. The smallest absolute Gasteiger partial charge is 0.317 e. The molecule has 1 N–H and O–H groups in total. The van der Waals surface area contributed by atoms with Crippen LogP contribution in [0.15, 0.2) is 18.2 Å². The number of rotatable bonds is 6. The van der Waals surface area contributed by atoms with Crippen LogP contribution in [0, 0.1) is 5.82 Å². The van der Waals surface area contributed by atoms with Gasteiger partial charge in [0.05, 0.1) is 6.54 Å². The SMILES string of the molecule is CN(CC(=O)O)C1CCCN(CCc2c(F)cccc2Cl)CC1.Cl. The highest BCUT2D eigenvalue weighted by Crippen LogP contribution is 2.21. The summed E-state index contributed by atoms with van der Waals surface area (Å²) in [6, 6.07) is 5.09. The zero-order valence-corrected chi connectivity index (χ0v) is 15.5. The predicted octanol–water partition coefficient (Wildman–Crippen LogP) is 3.31. The molecule has 1 atom stereocenters. The lowest BCUT2D eigenvalue weighted by Crippen LogP contribution is -2.36. The number of likely N-dealkylation sites (N-methyl/N-ethyl adjacent to an activating group) is 1. The quantitative estimate of drug-likeness (QED) is 0.824. The molecule has 1 aromatic rings. The summed E-state index contributed by atoms with van der Waals surface area (Å²) in [4.78, 5) is 15.1. The van der Waals surface area contributed by atoms with Crippen molar-refractivity contribution in [2.45, 2.75) is 31.7 Å². The van der Waals surface area contributed by atoms with Crippen LogP contribution >= 0.6 is 24.0 Å². The van der Waals surface area contributed by atoms with Gasteiger partial charge in [-0.25, -0.2) is 4.39 Å². The molecule has 1 aliphatic rings. The maximum atomic E-state index is 13.8. The number of benzene rings is 1. The number of nitrogens with zero attached hydrogens (tertiary/aromatic N) is 2. The molecule has 0 saturated carbocycles. The van der Waals surface area contributed by atoms with E-state index in [4.69, 9.17) is 16.7 Å². The second-order valence-corrected chi connectivity index (χ2v) is 6.59. The normalized spacial score (nSPS) is 18.9. The van der Waals surface area contributed by atoms with E-state index in [2.05, 4.69) is 4.90 Å². The zero-order valence-electron chi connectivity index (χ0n) is 13.9. The van der Waals surface area contributed by atoms with E-state index in [1.165, 1.54) is 6.07 Å². The molecule has 7 heteroatoms. The molecule has 1 unspecified atom stereocenters. The van der Waals surface area contributed by atoms with E-state index in [1.807, 2.05) is 11.9 Å². The van der Waals surface area contributed by atoms with Gasteiger partial charge in [0, 0.05) is 23.2 Å². The highest BCUT2D eigenvalue weighted by molar-refractivity contribution is 6.31. The van der Waals surface area contributed by atoms with E-state index in [9.17, 15) is 9.18 Å². The summed E-state index contributed by atoms with van der Waals surface area (Å²) >= 11 is 6.07. The topological polar surface area (TPSA) is 43.8 Å². The first-order valence-electron chi connectivity index (χ1n) is 8.04. The summed E-state index contributed by atoms with van der Waals surface area (Å²) in [6.45, 7) is 2.72. The minimum absolute atomic E-state index is 0. The Bertz CT molecular complexity index is 525. The molecule has 136 valence electrons. The second kappa shape index (κ2) is 10.2. The minimum atomic E-state index is -0.789. The maximum absolute atomic E-state index is 13.8. The van der Waals surface area contributed by atoms with Crippen LogP contribution in [0.25, 0.3) is 0 Å². The van der Waals surface area contributed by atoms with Gasteiger partial charge in [-0.1, -0.05) is 17.7 Å². The van der Waals surface area contributed by atoms with Crippen molar-refractivity contribution in [3.63, 3.8) is 0 Å². The molecule has 1 aromatic carbocycles. The number of carbonyl (C=O) groups is 1.